The zero-order chi connectivity index (χ0) is 20.2. The second-order valence-electron chi connectivity index (χ2n) is 7.57. The van der Waals surface area contributed by atoms with E-state index in [1.807, 2.05) is 43.4 Å². The Balaban J connectivity index is 1.91. The number of rotatable bonds is 4. The number of nitrogens with zero attached hydrogens (tertiary/aromatic N) is 2. The number of nitro benzene ring substituents is 1. The number of carbonyl (C=O) groups is 2. The highest BCUT2D eigenvalue weighted by Crippen LogP contribution is 2.21. The molecule has 1 aromatic rings. The van der Waals surface area contributed by atoms with Crippen LogP contribution in [0.2, 0.25) is 0 Å². The van der Waals surface area contributed by atoms with Crippen LogP contribution < -0.4 is 5.32 Å². The van der Waals surface area contributed by atoms with E-state index in [2.05, 4.69) is 5.32 Å². The first-order chi connectivity index (χ1) is 12.6. The Morgan fingerprint density at radius 2 is 2.11 bits per heavy atom. The van der Waals surface area contributed by atoms with E-state index >= 15 is 0 Å². The summed E-state index contributed by atoms with van der Waals surface area (Å²) in [6.07, 6.45) is 1.44. The standard InChI is InChI=1S/C18H24IN3O5/c1-18(2,3)27-17(24)21-8-4-5-12(11-21)10-20-16(23)14-7-6-13(22(25)26)9-15(14)19/h6-7,9,12H,4-5,8,10-11H2,1-3H3,(H,20,23). The van der Waals surface area contributed by atoms with Gasteiger partial charge in [-0.25, -0.2) is 4.79 Å². The van der Waals surface area contributed by atoms with Crippen LogP contribution in [0.4, 0.5) is 10.5 Å². The van der Waals surface area contributed by atoms with Crippen molar-refractivity contribution < 1.29 is 19.2 Å². The lowest BCUT2D eigenvalue weighted by atomic mass is 9.98. The monoisotopic (exact) mass is 489 g/mol. The molecule has 8 nitrogen and oxygen atoms in total. The molecular formula is C18H24IN3O5. The number of hydrogen-bond donors (Lipinski definition) is 1. The summed E-state index contributed by atoms with van der Waals surface area (Å²) < 4.78 is 5.94. The van der Waals surface area contributed by atoms with Gasteiger partial charge in [0.2, 0.25) is 0 Å². The minimum atomic E-state index is -0.537. The van der Waals surface area contributed by atoms with Crippen LogP contribution in [0.5, 0.6) is 0 Å². The molecule has 27 heavy (non-hydrogen) atoms. The van der Waals surface area contributed by atoms with Crippen molar-refractivity contribution in [3.05, 3.63) is 37.4 Å². The summed E-state index contributed by atoms with van der Waals surface area (Å²) in [6.45, 7) is 7.12. The summed E-state index contributed by atoms with van der Waals surface area (Å²) in [5.74, 6) is -0.130. The molecule has 0 spiro atoms. The second-order valence-corrected chi connectivity index (χ2v) is 8.73. The molecule has 0 radical (unpaired) electrons. The van der Waals surface area contributed by atoms with Gasteiger partial charge in [-0.05, 0) is 68.2 Å². The summed E-state index contributed by atoms with van der Waals surface area (Å²) in [6, 6.07) is 4.16. The number of halogens is 1. The van der Waals surface area contributed by atoms with Gasteiger partial charge in [0.1, 0.15) is 5.60 Å². The third kappa shape index (κ3) is 6.33. The van der Waals surface area contributed by atoms with Gasteiger partial charge >= 0.3 is 6.09 Å². The number of non-ortho nitro benzene ring substituents is 1. The van der Waals surface area contributed by atoms with Gasteiger partial charge in [0, 0.05) is 35.3 Å². The first-order valence-corrected chi connectivity index (χ1v) is 9.85. The van der Waals surface area contributed by atoms with Gasteiger partial charge in [-0.2, -0.15) is 0 Å². The molecule has 1 aliphatic heterocycles. The largest absolute Gasteiger partial charge is 0.444 e. The second kappa shape index (κ2) is 8.85. The van der Waals surface area contributed by atoms with E-state index in [0.29, 0.717) is 28.8 Å². The number of hydrogen-bond acceptors (Lipinski definition) is 5. The van der Waals surface area contributed by atoms with Gasteiger partial charge in [-0.15, -0.1) is 0 Å². The lowest BCUT2D eigenvalue weighted by Crippen LogP contribution is -2.45. The van der Waals surface area contributed by atoms with Crippen LogP contribution in [-0.4, -0.2) is 47.1 Å². The first-order valence-electron chi connectivity index (χ1n) is 8.77. The van der Waals surface area contributed by atoms with Gasteiger partial charge < -0.3 is 15.0 Å². The number of amides is 2. The fourth-order valence-corrected chi connectivity index (χ4v) is 3.60. The van der Waals surface area contributed by atoms with Crippen molar-refractivity contribution in [2.24, 2.45) is 5.92 Å². The molecule has 0 saturated carbocycles. The average molecular weight is 489 g/mol. The summed E-state index contributed by atoms with van der Waals surface area (Å²) in [5.41, 5.74) is -0.178. The van der Waals surface area contributed by atoms with E-state index < -0.39 is 10.5 Å². The fourth-order valence-electron chi connectivity index (χ4n) is 2.86. The highest BCUT2D eigenvalue weighted by Gasteiger charge is 2.28. The van der Waals surface area contributed by atoms with Crippen molar-refractivity contribution in [2.45, 2.75) is 39.2 Å². The predicted octanol–water partition coefficient (Wildman–Crippen LogP) is 3.58. The van der Waals surface area contributed by atoms with Crippen molar-refractivity contribution >= 4 is 40.3 Å². The van der Waals surface area contributed by atoms with Gasteiger partial charge in [-0.3, -0.25) is 14.9 Å². The molecule has 2 amide bonds. The number of benzene rings is 1. The maximum atomic E-state index is 12.4. The number of carbonyl (C=O) groups excluding carboxylic acids is 2. The molecule has 1 aromatic carbocycles. The minimum absolute atomic E-state index is 0.0452. The fraction of sp³-hybridized carbons (Fsp3) is 0.556. The van der Waals surface area contributed by atoms with Crippen molar-refractivity contribution in [3.8, 4) is 0 Å². The zero-order valence-corrected chi connectivity index (χ0v) is 17.8. The average Bonchev–Trinajstić information content (AvgIpc) is 2.58. The molecule has 2 rings (SSSR count). The van der Waals surface area contributed by atoms with Gasteiger partial charge in [0.15, 0.2) is 0 Å². The van der Waals surface area contributed by atoms with Crippen LogP contribution >= 0.6 is 22.6 Å². The summed E-state index contributed by atoms with van der Waals surface area (Å²) in [4.78, 5) is 36.6. The Morgan fingerprint density at radius 1 is 1.41 bits per heavy atom. The highest BCUT2D eigenvalue weighted by atomic mass is 127. The molecule has 1 aliphatic rings. The van der Waals surface area contributed by atoms with E-state index in [-0.39, 0.29) is 23.6 Å². The molecule has 148 valence electrons. The topological polar surface area (TPSA) is 102 Å². The number of ether oxygens (including phenoxy) is 1. The Morgan fingerprint density at radius 3 is 2.70 bits per heavy atom. The number of piperidine rings is 1. The molecule has 1 unspecified atom stereocenters. The molecule has 1 saturated heterocycles. The third-order valence-electron chi connectivity index (χ3n) is 4.13. The van der Waals surface area contributed by atoms with Crippen molar-refractivity contribution in [2.75, 3.05) is 19.6 Å². The maximum absolute atomic E-state index is 12.4. The Bertz CT molecular complexity index is 732. The van der Waals surface area contributed by atoms with Crippen LogP contribution in [0.25, 0.3) is 0 Å². The third-order valence-corrected chi connectivity index (χ3v) is 5.02. The van der Waals surface area contributed by atoms with E-state index in [4.69, 9.17) is 4.74 Å². The molecule has 9 heteroatoms. The van der Waals surface area contributed by atoms with E-state index in [0.717, 1.165) is 12.8 Å². The van der Waals surface area contributed by atoms with Gasteiger partial charge in [-0.1, -0.05) is 0 Å². The van der Waals surface area contributed by atoms with Crippen molar-refractivity contribution in [1.29, 1.82) is 0 Å². The van der Waals surface area contributed by atoms with Crippen molar-refractivity contribution in [3.63, 3.8) is 0 Å². The van der Waals surface area contributed by atoms with Crippen LogP contribution in [0.15, 0.2) is 18.2 Å². The quantitative estimate of drug-likeness (QED) is 0.396. The summed E-state index contributed by atoms with van der Waals surface area (Å²) in [7, 11) is 0. The van der Waals surface area contributed by atoms with Crippen LogP contribution in [-0.2, 0) is 4.74 Å². The SMILES string of the molecule is CC(C)(C)OC(=O)N1CCCC(CNC(=O)c2ccc([N+](=O)[O-])cc2I)C1. The van der Waals surface area contributed by atoms with Gasteiger partial charge in [0.05, 0.1) is 10.5 Å². The van der Waals surface area contributed by atoms with Crippen LogP contribution in [0, 0.1) is 19.6 Å². The number of likely N-dealkylation sites (tertiary alicyclic amines) is 1. The zero-order valence-electron chi connectivity index (χ0n) is 15.7. The highest BCUT2D eigenvalue weighted by molar-refractivity contribution is 14.1. The Labute approximate surface area is 171 Å². The molecule has 0 aliphatic carbocycles. The molecule has 0 bridgehead atoms. The molecular weight excluding hydrogens is 465 g/mol. The Kier molecular flexibility index (Phi) is 7.01. The van der Waals surface area contributed by atoms with E-state index in [1.54, 1.807) is 4.90 Å². The predicted molar refractivity (Wildman–Crippen MR) is 109 cm³/mol. The minimum Gasteiger partial charge on any atom is -0.444 e. The van der Waals surface area contributed by atoms with Crippen molar-refractivity contribution in [1.82, 2.24) is 10.2 Å². The van der Waals surface area contributed by atoms with Crippen LogP contribution in [0.3, 0.4) is 0 Å². The first kappa shape index (κ1) is 21.4. The van der Waals surface area contributed by atoms with E-state index in [9.17, 15) is 19.7 Å². The molecule has 1 fully saturated rings. The molecule has 1 N–H and O–H groups in total. The normalized spacial score (nSPS) is 17.3. The Hall–Kier alpha value is -1.91. The summed E-state index contributed by atoms with van der Waals surface area (Å²) >= 11 is 1.92. The lowest BCUT2D eigenvalue weighted by molar-refractivity contribution is -0.384. The summed E-state index contributed by atoms with van der Waals surface area (Å²) in [5, 5.41) is 13.7. The smallest absolute Gasteiger partial charge is 0.410 e. The lowest BCUT2D eigenvalue weighted by Gasteiger charge is -2.34. The van der Waals surface area contributed by atoms with E-state index in [1.165, 1.54) is 18.2 Å². The molecule has 1 atom stereocenters. The van der Waals surface area contributed by atoms with Crippen LogP contribution in [0.1, 0.15) is 44.0 Å². The molecule has 1 heterocycles. The number of nitrogens with one attached hydrogen (secondary N) is 1. The maximum Gasteiger partial charge on any atom is 0.410 e. The number of nitro groups is 1. The van der Waals surface area contributed by atoms with Gasteiger partial charge in [0.25, 0.3) is 11.6 Å². The molecule has 0 aromatic heterocycles.